The van der Waals surface area contributed by atoms with Crippen molar-refractivity contribution in [2.45, 2.75) is 25.3 Å². The largest absolute Gasteiger partial charge is 0.395 e. The average molecular weight is 241 g/mol. The molecule has 2 N–H and O–H groups in total. The third kappa shape index (κ3) is 3.66. The van der Waals surface area contributed by atoms with E-state index in [9.17, 15) is 4.79 Å². The SMILES string of the molecule is O=C(CN1CCC(N2CCCC2)C1)NCCO. The van der Waals surface area contributed by atoms with Crippen molar-refractivity contribution in [2.24, 2.45) is 0 Å². The van der Waals surface area contributed by atoms with Crippen LogP contribution in [0.1, 0.15) is 19.3 Å². The summed E-state index contributed by atoms with van der Waals surface area (Å²) in [7, 11) is 0. The molecule has 17 heavy (non-hydrogen) atoms. The lowest BCUT2D eigenvalue weighted by molar-refractivity contribution is -0.122. The number of aliphatic hydroxyl groups is 1. The fraction of sp³-hybridized carbons (Fsp3) is 0.917. The maximum atomic E-state index is 11.5. The Morgan fingerprint density at radius 2 is 2.06 bits per heavy atom. The molecule has 5 heteroatoms. The first-order valence-corrected chi connectivity index (χ1v) is 6.63. The standard InChI is InChI=1S/C12H23N3O2/c16-8-4-13-12(17)10-14-7-3-11(9-14)15-5-1-2-6-15/h11,16H,1-10H2,(H,13,17). The van der Waals surface area contributed by atoms with E-state index in [0.29, 0.717) is 19.1 Å². The number of nitrogens with one attached hydrogen (secondary N) is 1. The Balaban J connectivity index is 1.68. The van der Waals surface area contributed by atoms with E-state index in [4.69, 9.17) is 5.11 Å². The highest BCUT2D eigenvalue weighted by Gasteiger charge is 2.29. The summed E-state index contributed by atoms with van der Waals surface area (Å²) >= 11 is 0. The molecular formula is C12H23N3O2. The number of hydrogen-bond donors (Lipinski definition) is 2. The minimum atomic E-state index is 0.0160. The lowest BCUT2D eigenvalue weighted by Gasteiger charge is -2.23. The summed E-state index contributed by atoms with van der Waals surface area (Å²) in [6.45, 7) is 5.36. The number of rotatable bonds is 5. The van der Waals surface area contributed by atoms with Crippen LogP contribution in [0.5, 0.6) is 0 Å². The molecule has 2 rings (SSSR count). The molecule has 2 saturated heterocycles. The molecule has 98 valence electrons. The quantitative estimate of drug-likeness (QED) is 0.666. The van der Waals surface area contributed by atoms with E-state index in [2.05, 4.69) is 15.1 Å². The van der Waals surface area contributed by atoms with Crippen molar-refractivity contribution in [3.8, 4) is 0 Å². The van der Waals surface area contributed by atoms with Gasteiger partial charge in [-0.25, -0.2) is 0 Å². The maximum Gasteiger partial charge on any atom is 0.234 e. The molecule has 2 aliphatic heterocycles. The van der Waals surface area contributed by atoms with Crippen molar-refractivity contribution in [1.82, 2.24) is 15.1 Å². The predicted octanol–water partition coefficient (Wildman–Crippen LogP) is -0.735. The molecule has 1 unspecified atom stereocenters. The highest BCUT2D eigenvalue weighted by Crippen LogP contribution is 2.19. The molecular weight excluding hydrogens is 218 g/mol. The normalized spacial score (nSPS) is 26.5. The summed E-state index contributed by atoms with van der Waals surface area (Å²) in [5.41, 5.74) is 0. The fourth-order valence-corrected chi connectivity index (χ4v) is 2.81. The smallest absolute Gasteiger partial charge is 0.234 e. The van der Waals surface area contributed by atoms with Gasteiger partial charge in [-0.05, 0) is 32.4 Å². The van der Waals surface area contributed by atoms with Gasteiger partial charge in [0.2, 0.25) is 5.91 Å². The second-order valence-corrected chi connectivity index (χ2v) is 4.99. The molecule has 5 nitrogen and oxygen atoms in total. The average Bonchev–Trinajstić information content (AvgIpc) is 2.95. The molecule has 0 aromatic rings. The molecule has 0 saturated carbocycles. The van der Waals surface area contributed by atoms with Crippen LogP contribution in [0.25, 0.3) is 0 Å². The highest BCUT2D eigenvalue weighted by atomic mass is 16.3. The molecule has 2 aliphatic rings. The van der Waals surface area contributed by atoms with Crippen molar-refractivity contribution >= 4 is 5.91 Å². The van der Waals surface area contributed by atoms with Crippen molar-refractivity contribution in [2.75, 3.05) is 45.9 Å². The lowest BCUT2D eigenvalue weighted by atomic mass is 10.2. The van der Waals surface area contributed by atoms with Gasteiger partial charge in [0, 0.05) is 25.7 Å². The van der Waals surface area contributed by atoms with Crippen LogP contribution < -0.4 is 5.32 Å². The molecule has 1 amide bonds. The summed E-state index contributed by atoms with van der Waals surface area (Å²) < 4.78 is 0. The van der Waals surface area contributed by atoms with E-state index in [1.54, 1.807) is 0 Å². The van der Waals surface area contributed by atoms with Gasteiger partial charge in [-0.3, -0.25) is 14.6 Å². The lowest BCUT2D eigenvalue weighted by Crippen LogP contribution is -2.40. The van der Waals surface area contributed by atoms with Gasteiger partial charge in [-0.1, -0.05) is 0 Å². The minimum Gasteiger partial charge on any atom is -0.395 e. The first-order valence-electron chi connectivity index (χ1n) is 6.63. The van der Waals surface area contributed by atoms with Gasteiger partial charge >= 0.3 is 0 Å². The molecule has 0 radical (unpaired) electrons. The third-order valence-corrected chi connectivity index (χ3v) is 3.71. The minimum absolute atomic E-state index is 0.0160. The van der Waals surface area contributed by atoms with Gasteiger partial charge in [-0.2, -0.15) is 0 Å². The van der Waals surface area contributed by atoms with E-state index in [1.807, 2.05) is 0 Å². The van der Waals surface area contributed by atoms with Gasteiger partial charge in [0.25, 0.3) is 0 Å². The molecule has 1 atom stereocenters. The van der Waals surface area contributed by atoms with Crippen molar-refractivity contribution in [1.29, 1.82) is 0 Å². The number of hydrogen-bond acceptors (Lipinski definition) is 4. The molecule has 0 aromatic heterocycles. The second-order valence-electron chi connectivity index (χ2n) is 4.99. The predicted molar refractivity (Wildman–Crippen MR) is 65.7 cm³/mol. The summed E-state index contributed by atoms with van der Waals surface area (Å²) in [6.07, 6.45) is 3.84. The summed E-state index contributed by atoms with van der Waals surface area (Å²) in [6, 6.07) is 0.656. The zero-order valence-corrected chi connectivity index (χ0v) is 10.4. The van der Waals surface area contributed by atoms with Gasteiger partial charge in [0.1, 0.15) is 0 Å². The van der Waals surface area contributed by atoms with E-state index >= 15 is 0 Å². The maximum absolute atomic E-state index is 11.5. The molecule has 0 aromatic carbocycles. The van der Waals surface area contributed by atoms with Gasteiger partial charge < -0.3 is 10.4 Å². The topological polar surface area (TPSA) is 55.8 Å². The van der Waals surface area contributed by atoms with Gasteiger partial charge in [-0.15, -0.1) is 0 Å². The Labute approximate surface area is 103 Å². The summed E-state index contributed by atoms with van der Waals surface area (Å²) in [5, 5.41) is 11.3. The Kier molecular flexibility index (Phi) is 4.76. The van der Waals surface area contributed by atoms with Crippen LogP contribution in [0.3, 0.4) is 0 Å². The molecule has 0 bridgehead atoms. The number of nitrogens with zero attached hydrogens (tertiary/aromatic N) is 2. The van der Waals surface area contributed by atoms with Crippen molar-refractivity contribution in [3.05, 3.63) is 0 Å². The van der Waals surface area contributed by atoms with E-state index in [-0.39, 0.29) is 12.5 Å². The zero-order valence-electron chi connectivity index (χ0n) is 10.4. The van der Waals surface area contributed by atoms with Crippen LogP contribution in [0, 0.1) is 0 Å². The van der Waals surface area contributed by atoms with Crippen LogP contribution in [-0.2, 0) is 4.79 Å². The number of carbonyl (C=O) groups excluding carboxylic acids is 1. The van der Waals surface area contributed by atoms with Crippen LogP contribution in [0.4, 0.5) is 0 Å². The van der Waals surface area contributed by atoms with Crippen LogP contribution in [0.2, 0.25) is 0 Å². The highest BCUT2D eigenvalue weighted by molar-refractivity contribution is 5.78. The monoisotopic (exact) mass is 241 g/mol. The van der Waals surface area contributed by atoms with E-state index in [0.717, 1.165) is 13.1 Å². The van der Waals surface area contributed by atoms with Gasteiger partial charge in [0.05, 0.1) is 13.2 Å². The Hall–Kier alpha value is -0.650. The summed E-state index contributed by atoms with van der Waals surface area (Å²) in [5.74, 6) is 0.0288. The molecule has 0 aliphatic carbocycles. The Morgan fingerprint density at radius 3 is 2.76 bits per heavy atom. The van der Waals surface area contributed by atoms with E-state index in [1.165, 1.54) is 32.4 Å². The number of likely N-dealkylation sites (tertiary alicyclic amines) is 2. The van der Waals surface area contributed by atoms with E-state index < -0.39 is 0 Å². The first kappa shape index (κ1) is 12.8. The van der Waals surface area contributed by atoms with Crippen LogP contribution in [0.15, 0.2) is 0 Å². The molecule has 2 fully saturated rings. The Morgan fingerprint density at radius 1 is 1.29 bits per heavy atom. The molecule has 0 spiro atoms. The number of carbonyl (C=O) groups is 1. The van der Waals surface area contributed by atoms with Crippen LogP contribution >= 0.6 is 0 Å². The second kappa shape index (κ2) is 6.33. The third-order valence-electron chi connectivity index (χ3n) is 3.71. The Bertz CT molecular complexity index is 254. The van der Waals surface area contributed by atoms with Crippen LogP contribution in [-0.4, -0.2) is 72.7 Å². The summed E-state index contributed by atoms with van der Waals surface area (Å²) in [4.78, 5) is 16.3. The first-order chi connectivity index (χ1) is 8.29. The number of aliphatic hydroxyl groups excluding tert-OH is 1. The molecule has 2 heterocycles. The number of amides is 1. The van der Waals surface area contributed by atoms with Crippen molar-refractivity contribution in [3.63, 3.8) is 0 Å². The van der Waals surface area contributed by atoms with Gasteiger partial charge in [0.15, 0.2) is 0 Å². The van der Waals surface area contributed by atoms with Crippen molar-refractivity contribution < 1.29 is 9.90 Å². The zero-order chi connectivity index (χ0) is 12.1. The fourth-order valence-electron chi connectivity index (χ4n) is 2.81.